The van der Waals surface area contributed by atoms with E-state index >= 15 is 0 Å². The van der Waals surface area contributed by atoms with Crippen LogP contribution in [0.2, 0.25) is 5.15 Å². The average Bonchev–Trinajstić information content (AvgIpc) is 3.30. The molecule has 0 unspecified atom stereocenters. The summed E-state index contributed by atoms with van der Waals surface area (Å²) in [6.45, 7) is 0.320. The van der Waals surface area contributed by atoms with Gasteiger partial charge in [0.25, 0.3) is 0 Å². The van der Waals surface area contributed by atoms with Gasteiger partial charge in [-0.3, -0.25) is 4.98 Å². The molecule has 0 bridgehead atoms. The Morgan fingerprint density at radius 1 is 1.29 bits per heavy atom. The van der Waals surface area contributed by atoms with Crippen LogP contribution in [0.3, 0.4) is 0 Å². The van der Waals surface area contributed by atoms with E-state index in [4.69, 9.17) is 11.6 Å². The molecule has 0 aliphatic heterocycles. The molecule has 2 heterocycles. The van der Waals surface area contributed by atoms with E-state index in [2.05, 4.69) is 9.97 Å². The van der Waals surface area contributed by atoms with Gasteiger partial charge in [0.1, 0.15) is 5.15 Å². The lowest BCUT2D eigenvalue weighted by atomic mass is 10.3. The maximum Gasteiger partial charge on any atom is 0.243 e. The van der Waals surface area contributed by atoms with Gasteiger partial charge in [0.15, 0.2) is 0 Å². The summed E-state index contributed by atoms with van der Waals surface area (Å²) in [5, 5.41) is 0.174. The molecule has 1 aliphatic rings. The fraction of sp³-hybridized carbons (Fsp3) is 0.286. The SMILES string of the molecule is O=S(=O)(c1ccnc(Cl)c1)N(Cc1cccnc1)C1CC1. The Hall–Kier alpha value is -1.50. The highest BCUT2D eigenvalue weighted by Gasteiger charge is 2.38. The van der Waals surface area contributed by atoms with Crippen LogP contribution in [0.5, 0.6) is 0 Å². The first-order valence-corrected chi connectivity index (χ1v) is 8.41. The van der Waals surface area contributed by atoms with E-state index in [1.165, 1.54) is 22.6 Å². The summed E-state index contributed by atoms with van der Waals surface area (Å²) in [5.41, 5.74) is 0.869. The second-order valence-electron chi connectivity index (χ2n) is 4.96. The monoisotopic (exact) mass is 323 g/mol. The van der Waals surface area contributed by atoms with Crippen molar-refractivity contribution in [3.63, 3.8) is 0 Å². The summed E-state index contributed by atoms with van der Waals surface area (Å²) >= 11 is 5.81. The van der Waals surface area contributed by atoms with Gasteiger partial charge in [-0.1, -0.05) is 17.7 Å². The molecule has 0 radical (unpaired) electrons. The minimum atomic E-state index is -3.58. The lowest BCUT2D eigenvalue weighted by molar-refractivity contribution is 0.398. The third-order valence-electron chi connectivity index (χ3n) is 3.32. The Morgan fingerprint density at radius 2 is 2.10 bits per heavy atom. The standard InChI is InChI=1S/C14H14ClN3O2S/c15-14-8-13(5-7-17-14)21(19,20)18(12-3-4-12)10-11-2-1-6-16-9-11/h1-2,5-9,12H,3-4,10H2. The minimum Gasteiger partial charge on any atom is -0.264 e. The minimum absolute atomic E-state index is 0.0575. The summed E-state index contributed by atoms with van der Waals surface area (Å²) in [6, 6.07) is 6.59. The third kappa shape index (κ3) is 3.23. The maximum atomic E-state index is 12.8. The zero-order valence-corrected chi connectivity index (χ0v) is 12.8. The summed E-state index contributed by atoms with van der Waals surface area (Å²) in [7, 11) is -3.58. The highest BCUT2D eigenvalue weighted by atomic mass is 35.5. The van der Waals surface area contributed by atoms with E-state index < -0.39 is 10.0 Å². The first kappa shape index (κ1) is 14.4. The van der Waals surface area contributed by atoms with E-state index in [9.17, 15) is 8.42 Å². The zero-order valence-electron chi connectivity index (χ0n) is 11.2. The third-order valence-corrected chi connectivity index (χ3v) is 5.42. The van der Waals surface area contributed by atoms with Crippen LogP contribution in [0.1, 0.15) is 18.4 Å². The number of hydrogen-bond donors (Lipinski definition) is 0. The number of rotatable bonds is 5. The van der Waals surface area contributed by atoms with Crippen LogP contribution in [0.15, 0.2) is 47.8 Å². The molecule has 2 aromatic rings. The van der Waals surface area contributed by atoms with E-state index in [1.807, 2.05) is 6.07 Å². The molecule has 1 fully saturated rings. The molecule has 7 heteroatoms. The van der Waals surface area contributed by atoms with Gasteiger partial charge in [-0.25, -0.2) is 13.4 Å². The molecular weight excluding hydrogens is 310 g/mol. The first-order valence-electron chi connectivity index (χ1n) is 6.60. The van der Waals surface area contributed by atoms with Crippen LogP contribution in [0.25, 0.3) is 0 Å². The van der Waals surface area contributed by atoms with Crippen molar-refractivity contribution in [3.05, 3.63) is 53.6 Å². The Bertz CT molecular complexity index is 733. The highest BCUT2D eigenvalue weighted by molar-refractivity contribution is 7.89. The lowest BCUT2D eigenvalue weighted by Crippen LogP contribution is -2.32. The number of nitrogens with zero attached hydrogens (tertiary/aromatic N) is 3. The van der Waals surface area contributed by atoms with Gasteiger partial charge in [0, 0.05) is 31.2 Å². The smallest absolute Gasteiger partial charge is 0.243 e. The fourth-order valence-corrected chi connectivity index (χ4v) is 4.05. The first-order chi connectivity index (χ1) is 10.1. The molecule has 0 atom stereocenters. The van der Waals surface area contributed by atoms with Crippen molar-refractivity contribution in [3.8, 4) is 0 Å². The number of halogens is 1. The molecule has 0 spiro atoms. The topological polar surface area (TPSA) is 63.2 Å². The second kappa shape index (κ2) is 5.71. The second-order valence-corrected chi connectivity index (χ2v) is 7.23. The van der Waals surface area contributed by atoms with E-state index in [-0.39, 0.29) is 16.1 Å². The maximum absolute atomic E-state index is 12.8. The van der Waals surface area contributed by atoms with Crippen molar-refractivity contribution in [2.75, 3.05) is 0 Å². The molecule has 0 saturated heterocycles. The molecule has 1 saturated carbocycles. The Labute approximate surface area is 128 Å². The Kier molecular flexibility index (Phi) is 3.93. The molecule has 2 aromatic heterocycles. The number of hydrogen-bond acceptors (Lipinski definition) is 4. The molecule has 0 amide bonds. The van der Waals surface area contributed by atoms with Gasteiger partial charge in [0.2, 0.25) is 10.0 Å². The van der Waals surface area contributed by atoms with Crippen molar-refractivity contribution in [1.82, 2.24) is 14.3 Å². The molecule has 110 valence electrons. The average molecular weight is 324 g/mol. The Morgan fingerprint density at radius 3 is 2.71 bits per heavy atom. The van der Waals surface area contributed by atoms with Crippen molar-refractivity contribution in [2.24, 2.45) is 0 Å². The van der Waals surface area contributed by atoms with Gasteiger partial charge in [0.05, 0.1) is 4.90 Å². The highest BCUT2D eigenvalue weighted by Crippen LogP contribution is 2.33. The molecule has 1 aliphatic carbocycles. The molecule has 0 aromatic carbocycles. The van der Waals surface area contributed by atoms with Gasteiger partial charge < -0.3 is 0 Å². The van der Waals surface area contributed by atoms with Crippen molar-refractivity contribution < 1.29 is 8.42 Å². The summed E-state index contributed by atoms with van der Waals surface area (Å²) in [6.07, 6.45) is 6.54. The van der Waals surface area contributed by atoms with Gasteiger partial charge in [-0.15, -0.1) is 0 Å². The van der Waals surface area contributed by atoms with Gasteiger partial charge in [-0.2, -0.15) is 4.31 Å². The van der Waals surface area contributed by atoms with Crippen molar-refractivity contribution >= 4 is 21.6 Å². The van der Waals surface area contributed by atoms with Crippen LogP contribution in [-0.4, -0.2) is 28.7 Å². The number of aromatic nitrogens is 2. The van der Waals surface area contributed by atoms with E-state index in [0.29, 0.717) is 6.54 Å². The van der Waals surface area contributed by atoms with Crippen molar-refractivity contribution in [1.29, 1.82) is 0 Å². The van der Waals surface area contributed by atoms with Gasteiger partial charge in [-0.05, 0) is 36.6 Å². The molecular formula is C14H14ClN3O2S. The van der Waals surface area contributed by atoms with Crippen LogP contribution in [0.4, 0.5) is 0 Å². The Balaban J connectivity index is 1.93. The summed E-state index contributed by atoms with van der Waals surface area (Å²) in [5.74, 6) is 0. The predicted octanol–water partition coefficient (Wildman–Crippen LogP) is 2.48. The van der Waals surface area contributed by atoms with Crippen LogP contribution >= 0.6 is 11.6 Å². The summed E-state index contributed by atoms with van der Waals surface area (Å²) < 4.78 is 27.1. The quantitative estimate of drug-likeness (QED) is 0.793. The normalized spacial score (nSPS) is 15.3. The molecule has 21 heavy (non-hydrogen) atoms. The molecule has 0 N–H and O–H groups in total. The lowest BCUT2D eigenvalue weighted by Gasteiger charge is -2.21. The zero-order chi connectivity index (χ0) is 14.9. The van der Waals surface area contributed by atoms with Crippen LogP contribution < -0.4 is 0 Å². The van der Waals surface area contributed by atoms with Crippen molar-refractivity contribution in [2.45, 2.75) is 30.3 Å². The summed E-state index contributed by atoms with van der Waals surface area (Å²) in [4.78, 5) is 8.04. The number of pyridine rings is 2. The molecule has 3 rings (SSSR count). The predicted molar refractivity (Wildman–Crippen MR) is 79.2 cm³/mol. The van der Waals surface area contributed by atoms with Gasteiger partial charge >= 0.3 is 0 Å². The number of sulfonamides is 1. The molecule has 5 nitrogen and oxygen atoms in total. The van der Waals surface area contributed by atoms with Crippen LogP contribution in [0, 0.1) is 0 Å². The fourth-order valence-electron chi connectivity index (χ4n) is 2.12. The van der Waals surface area contributed by atoms with E-state index in [0.717, 1.165) is 18.4 Å². The van der Waals surface area contributed by atoms with E-state index in [1.54, 1.807) is 18.5 Å². The van der Waals surface area contributed by atoms with Crippen LogP contribution in [-0.2, 0) is 16.6 Å². The largest absolute Gasteiger partial charge is 0.264 e.